The minimum absolute atomic E-state index is 0.671. The Morgan fingerprint density at radius 2 is 1.94 bits per heavy atom. The van der Waals surface area contributed by atoms with E-state index in [1.54, 1.807) is 18.5 Å². The maximum atomic E-state index is 4.35. The van der Waals surface area contributed by atoms with E-state index in [2.05, 4.69) is 21.0 Å². The third-order valence-corrected chi connectivity index (χ3v) is 2.44. The van der Waals surface area contributed by atoms with Gasteiger partial charge in [0.05, 0.1) is 11.0 Å². The van der Waals surface area contributed by atoms with Crippen molar-refractivity contribution in [1.82, 2.24) is 19.5 Å². The van der Waals surface area contributed by atoms with Gasteiger partial charge in [0.25, 0.3) is 0 Å². The molecular weight excluding hydrogens is 200 g/mol. The molecule has 4 heteroatoms. The summed E-state index contributed by atoms with van der Waals surface area (Å²) in [5.41, 5.74) is 3.12. The number of aryl methyl sites for hydroxylation is 1. The van der Waals surface area contributed by atoms with Gasteiger partial charge < -0.3 is 0 Å². The van der Waals surface area contributed by atoms with Crippen molar-refractivity contribution in [3.8, 4) is 5.95 Å². The zero-order valence-electron chi connectivity index (χ0n) is 8.83. The molecule has 0 unspecified atom stereocenters. The van der Waals surface area contributed by atoms with Crippen molar-refractivity contribution in [3.63, 3.8) is 0 Å². The molecule has 0 saturated carbocycles. The highest BCUT2D eigenvalue weighted by molar-refractivity contribution is 5.77. The summed E-state index contributed by atoms with van der Waals surface area (Å²) in [4.78, 5) is 12.8. The molecule has 0 bridgehead atoms. The highest BCUT2D eigenvalue weighted by Crippen LogP contribution is 2.16. The lowest BCUT2D eigenvalue weighted by Crippen LogP contribution is -1.98. The van der Waals surface area contributed by atoms with Crippen molar-refractivity contribution < 1.29 is 0 Å². The molecule has 4 nitrogen and oxygen atoms in total. The van der Waals surface area contributed by atoms with Crippen LogP contribution in [0.4, 0.5) is 0 Å². The summed E-state index contributed by atoms with van der Waals surface area (Å²) in [5.74, 6) is 0.671. The van der Waals surface area contributed by atoms with Crippen LogP contribution >= 0.6 is 0 Å². The van der Waals surface area contributed by atoms with E-state index in [1.165, 1.54) is 0 Å². The lowest BCUT2D eigenvalue weighted by Gasteiger charge is -2.02. The molecule has 0 amide bonds. The molecular formula is C12H10N4. The van der Waals surface area contributed by atoms with Gasteiger partial charge in [-0.1, -0.05) is 0 Å². The molecule has 16 heavy (non-hydrogen) atoms. The van der Waals surface area contributed by atoms with Gasteiger partial charge in [-0.2, -0.15) is 0 Å². The molecule has 0 saturated heterocycles. The van der Waals surface area contributed by atoms with Crippen LogP contribution in [0.25, 0.3) is 17.0 Å². The summed E-state index contributed by atoms with van der Waals surface area (Å²) in [6.07, 6.45) is 7.26. The molecule has 0 aliphatic heterocycles. The second kappa shape index (κ2) is 3.41. The first kappa shape index (κ1) is 9.03. The van der Waals surface area contributed by atoms with E-state index in [1.807, 2.05) is 30.0 Å². The second-order valence-corrected chi connectivity index (χ2v) is 3.65. The molecule has 78 valence electrons. The number of aromatic nitrogens is 4. The Hall–Kier alpha value is -2.23. The third kappa shape index (κ3) is 1.35. The van der Waals surface area contributed by atoms with Crippen molar-refractivity contribution in [2.24, 2.45) is 0 Å². The number of nitrogens with zero attached hydrogens (tertiary/aromatic N) is 4. The standard InChI is InChI=1S/C12H10N4/c1-9-7-11-10(15-8-9)3-6-16(11)12-13-4-2-5-14-12/h2-8H,1H3. The summed E-state index contributed by atoms with van der Waals surface area (Å²) in [7, 11) is 0. The average Bonchev–Trinajstić information content (AvgIpc) is 2.73. The van der Waals surface area contributed by atoms with Gasteiger partial charge in [-0.25, -0.2) is 9.97 Å². The van der Waals surface area contributed by atoms with Crippen molar-refractivity contribution in [3.05, 3.63) is 48.5 Å². The highest BCUT2D eigenvalue weighted by Gasteiger charge is 2.05. The van der Waals surface area contributed by atoms with Crippen LogP contribution < -0.4 is 0 Å². The van der Waals surface area contributed by atoms with E-state index in [4.69, 9.17) is 0 Å². The molecule has 3 heterocycles. The quantitative estimate of drug-likeness (QED) is 0.618. The van der Waals surface area contributed by atoms with E-state index in [0.29, 0.717) is 5.95 Å². The van der Waals surface area contributed by atoms with Gasteiger partial charge in [0.2, 0.25) is 5.95 Å². The van der Waals surface area contributed by atoms with Crippen LogP contribution in [0.15, 0.2) is 43.0 Å². The van der Waals surface area contributed by atoms with Crippen LogP contribution in [-0.4, -0.2) is 19.5 Å². The number of pyridine rings is 1. The van der Waals surface area contributed by atoms with Gasteiger partial charge in [0.15, 0.2) is 0 Å². The van der Waals surface area contributed by atoms with Crippen LogP contribution in [0.2, 0.25) is 0 Å². The van der Waals surface area contributed by atoms with Gasteiger partial charge in [-0.05, 0) is 30.7 Å². The largest absolute Gasteiger partial charge is 0.284 e. The lowest BCUT2D eigenvalue weighted by atomic mass is 10.3. The third-order valence-electron chi connectivity index (χ3n) is 2.44. The minimum Gasteiger partial charge on any atom is -0.284 e. The molecule has 3 aromatic rings. The molecule has 3 aromatic heterocycles. The predicted molar refractivity (Wildman–Crippen MR) is 61.4 cm³/mol. The van der Waals surface area contributed by atoms with Crippen molar-refractivity contribution >= 4 is 11.0 Å². The van der Waals surface area contributed by atoms with E-state index < -0.39 is 0 Å². The molecule has 0 spiro atoms. The monoisotopic (exact) mass is 210 g/mol. The SMILES string of the molecule is Cc1cnc2ccn(-c3ncccn3)c2c1. The zero-order valence-corrected chi connectivity index (χ0v) is 8.83. The molecule has 0 aromatic carbocycles. The summed E-state index contributed by atoms with van der Waals surface area (Å²) in [6, 6.07) is 5.85. The molecule has 0 atom stereocenters. The molecule has 0 fully saturated rings. The smallest absolute Gasteiger partial charge is 0.234 e. The Morgan fingerprint density at radius 1 is 1.12 bits per heavy atom. The van der Waals surface area contributed by atoms with E-state index >= 15 is 0 Å². The van der Waals surface area contributed by atoms with Crippen LogP contribution in [0, 0.1) is 6.92 Å². The van der Waals surface area contributed by atoms with Gasteiger partial charge in [-0.15, -0.1) is 0 Å². The highest BCUT2D eigenvalue weighted by atomic mass is 15.1. The Balaban J connectivity index is 2.29. The maximum Gasteiger partial charge on any atom is 0.234 e. The summed E-state index contributed by atoms with van der Waals surface area (Å²) < 4.78 is 1.94. The number of hydrogen-bond donors (Lipinski definition) is 0. The van der Waals surface area contributed by atoms with Crippen molar-refractivity contribution in [2.45, 2.75) is 6.92 Å². The van der Waals surface area contributed by atoms with Gasteiger partial charge >= 0.3 is 0 Å². The average molecular weight is 210 g/mol. The normalized spacial score (nSPS) is 10.8. The summed E-state index contributed by atoms with van der Waals surface area (Å²) in [5, 5.41) is 0. The fourth-order valence-corrected chi connectivity index (χ4v) is 1.70. The summed E-state index contributed by atoms with van der Waals surface area (Å²) in [6.45, 7) is 2.02. The summed E-state index contributed by atoms with van der Waals surface area (Å²) >= 11 is 0. The Kier molecular flexibility index (Phi) is 1.93. The number of fused-ring (bicyclic) bond motifs is 1. The van der Waals surface area contributed by atoms with E-state index in [9.17, 15) is 0 Å². The predicted octanol–water partition coefficient (Wildman–Crippen LogP) is 2.12. The molecule has 3 rings (SSSR count). The minimum atomic E-state index is 0.671. The Labute approximate surface area is 92.6 Å². The van der Waals surface area contributed by atoms with Gasteiger partial charge in [0, 0.05) is 24.8 Å². The van der Waals surface area contributed by atoms with E-state index in [-0.39, 0.29) is 0 Å². The topological polar surface area (TPSA) is 43.6 Å². The maximum absolute atomic E-state index is 4.35. The first-order chi connectivity index (χ1) is 7.84. The second-order valence-electron chi connectivity index (χ2n) is 3.65. The van der Waals surface area contributed by atoms with Crippen LogP contribution in [-0.2, 0) is 0 Å². The fourth-order valence-electron chi connectivity index (χ4n) is 1.70. The van der Waals surface area contributed by atoms with E-state index in [0.717, 1.165) is 16.6 Å². The number of rotatable bonds is 1. The zero-order chi connectivity index (χ0) is 11.0. The Bertz CT molecular complexity index is 628. The molecule has 0 aliphatic rings. The molecule has 0 radical (unpaired) electrons. The lowest BCUT2D eigenvalue weighted by molar-refractivity contribution is 0.961. The van der Waals surface area contributed by atoms with Gasteiger partial charge in [-0.3, -0.25) is 9.55 Å². The molecule has 0 N–H and O–H groups in total. The van der Waals surface area contributed by atoms with Crippen LogP contribution in [0.1, 0.15) is 5.56 Å². The van der Waals surface area contributed by atoms with Crippen molar-refractivity contribution in [2.75, 3.05) is 0 Å². The van der Waals surface area contributed by atoms with Crippen LogP contribution in [0.5, 0.6) is 0 Å². The van der Waals surface area contributed by atoms with Crippen molar-refractivity contribution in [1.29, 1.82) is 0 Å². The first-order valence-electron chi connectivity index (χ1n) is 5.06. The molecule has 0 aliphatic carbocycles. The Morgan fingerprint density at radius 3 is 2.75 bits per heavy atom. The fraction of sp³-hybridized carbons (Fsp3) is 0.0833. The number of hydrogen-bond acceptors (Lipinski definition) is 3. The van der Waals surface area contributed by atoms with Gasteiger partial charge in [0.1, 0.15) is 0 Å². The first-order valence-corrected chi connectivity index (χ1v) is 5.06. The van der Waals surface area contributed by atoms with Crippen LogP contribution in [0.3, 0.4) is 0 Å².